The predicted octanol–water partition coefficient (Wildman–Crippen LogP) is 25.4. The Balaban J connectivity index is 0.651. The van der Waals surface area contributed by atoms with Crippen LogP contribution in [0.4, 0.5) is 0 Å². The molecule has 0 atom stereocenters. The van der Waals surface area contributed by atoms with Gasteiger partial charge >= 0.3 is 0 Å². The van der Waals surface area contributed by atoms with Gasteiger partial charge in [0.1, 0.15) is 0 Å². The highest BCUT2D eigenvalue weighted by molar-refractivity contribution is 6.27. The number of aromatic nitrogens is 8. The molecule has 0 saturated heterocycles. The Labute approximate surface area is 623 Å². The molecule has 0 N–H and O–H groups in total. The molecular weight excluding hydrogens is 1310 g/mol. The summed E-state index contributed by atoms with van der Waals surface area (Å²) in [6, 6.07) is 127. The summed E-state index contributed by atoms with van der Waals surface area (Å²) in [5.74, 6) is 3.45. The molecule has 0 radical (unpaired) electrons. The van der Waals surface area contributed by atoms with Crippen molar-refractivity contribution in [3.05, 3.63) is 377 Å². The number of pyridine rings is 2. The SMILES string of the molecule is c1ccc(-c2cc(-c3cccc(-c4ccc5c6ccc(-c7cc(-c8nc(-c9ccncc9)nc(-c9ccccc9-c9ccccc9-c9ccccc9-c9ccc%10c%11ccccc%11c%11ccccc%11c%10c9)n8)ccn7)cc6c6ccccc6c5c4)c3)cc(-c3nc(-c4ccccc4)nc(-c4ccccc4)n3)c2)cc1. The predicted molar refractivity (Wildman–Crippen MR) is 445 cm³/mol. The zero-order valence-corrected chi connectivity index (χ0v) is 58.4. The van der Waals surface area contributed by atoms with E-state index in [2.05, 4.69) is 284 Å². The molecule has 0 aliphatic rings. The molecule has 0 saturated carbocycles. The molecule has 0 amide bonds. The lowest BCUT2D eigenvalue weighted by atomic mass is 9.86. The topological polar surface area (TPSA) is 103 Å². The van der Waals surface area contributed by atoms with Crippen molar-refractivity contribution in [1.29, 1.82) is 0 Å². The summed E-state index contributed by atoms with van der Waals surface area (Å²) in [6.07, 6.45) is 5.42. The molecule has 4 heterocycles. The molecule has 20 aromatic rings. The molecule has 0 aliphatic carbocycles. The van der Waals surface area contributed by atoms with Crippen LogP contribution in [0.2, 0.25) is 0 Å². The van der Waals surface area contributed by atoms with Crippen LogP contribution in [0.3, 0.4) is 0 Å². The van der Waals surface area contributed by atoms with Gasteiger partial charge in [-0.25, -0.2) is 29.9 Å². The number of hydrogen-bond donors (Lipinski definition) is 0. The van der Waals surface area contributed by atoms with Crippen molar-refractivity contribution < 1.29 is 0 Å². The Morgan fingerprint density at radius 2 is 0.444 bits per heavy atom. The molecule has 16 aromatic carbocycles. The molecule has 0 unspecified atom stereocenters. The highest BCUT2D eigenvalue weighted by Crippen LogP contribution is 2.46. The van der Waals surface area contributed by atoms with E-state index in [1.165, 1.54) is 48.5 Å². The van der Waals surface area contributed by atoms with Crippen LogP contribution in [0.1, 0.15) is 0 Å². The molecule has 0 aliphatic heterocycles. The molecule has 108 heavy (non-hydrogen) atoms. The number of fused-ring (bicyclic) bond motifs is 12. The van der Waals surface area contributed by atoms with Crippen molar-refractivity contribution >= 4 is 64.6 Å². The first kappa shape index (κ1) is 63.1. The van der Waals surface area contributed by atoms with Gasteiger partial charge in [-0.05, 0) is 198 Å². The van der Waals surface area contributed by atoms with E-state index in [1.807, 2.05) is 85.1 Å². The molecular formula is C100H62N8. The first-order valence-electron chi connectivity index (χ1n) is 36.3. The summed E-state index contributed by atoms with van der Waals surface area (Å²) < 4.78 is 0. The maximum Gasteiger partial charge on any atom is 0.164 e. The second kappa shape index (κ2) is 26.9. The van der Waals surface area contributed by atoms with E-state index in [0.29, 0.717) is 34.9 Å². The van der Waals surface area contributed by atoms with Crippen LogP contribution in [0.25, 0.3) is 211 Å². The average Bonchev–Trinajstić information content (AvgIpc) is 0.740. The van der Waals surface area contributed by atoms with Crippen LogP contribution in [0.5, 0.6) is 0 Å². The summed E-state index contributed by atoms with van der Waals surface area (Å²) >= 11 is 0. The summed E-state index contributed by atoms with van der Waals surface area (Å²) in [5.41, 5.74) is 20.1. The summed E-state index contributed by atoms with van der Waals surface area (Å²) in [4.78, 5) is 40.8. The van der Waals surface area contributed by atoms with Crippen LogP contribution >= 0.6 is 0 Å². The molecule has 0 fully saturated rings. The highest BCUT2D eigenvalue weighted by Gasteiger charge is 2.23. The second-order valence-corrected chi connectivity index (χ2v) is 27.3. The minimum atomic E-state index is 0.527. The standard InChI is InChI=1S/C100H62N8/c1-4-23-63(24-5-1)73-56-74(58-75(57-73)99-105-95(64-25-6-2-7-26-64)103-96(106-99)65-27-8-3-9-28-65)68-30-22-29-67(55-68)69-43-46-88-89-48-45-71(61-93(89)86-41-19-18-40-85(86)91(88)59-69)94-62-72(51-54-102-94)98-104-97(66-49-52-101-53-50-66)107-100(108-98)90-42-21-20-38-83(90)80-35-14-12-33-78(80)77-32-11-10-31-76(77)70-44-47-87-82-37-15-13-34-79(82)81-36-16-17-39-84(81)92(87)60-70/h1-62H. The molecule has 4 aromatic heterocycles. The zero-order valence-electron chi connectivity index (χ0n) is 58.4. The fourth-order valence-corrected chi connectivity index (χ4v) is 15.7. The minimum Gasteiger partial charge on any atom is -0.265 e. The Kier molecular flexibility index (Phi) is 15.7. The zero-order chi connectivity index (χ0) is 71.4. The fraction of sp³-hybridized carbons (Fsp3) is 0. The third kappa shape index (κ3) is 11.5. The van der Waals surface area contributed by atoms with E-state index in [1.54, 1.807) is 12.4 Å². The maximum absolute atomic E-state index is 5.42. The van der Waals surface area contributed by atoms with E-state index >= 15 is 0 Å². The van der Waals surface area contributed by atoms with Gasteiger partial charge in [0.05, 0.1) is 5.69 Å². The van der Waals surface area contributed by atoms with E-state index in [-0.39, 0.29) is 0 Å². The normalized spacial score (nSPS) is 11.5. The largest absolute Gasteiger partial charge is 0.265 e. The molecule has 8 heteroatoms. The van der Waals surface area contributed by atoms with Crippen LogP contribution in [-0.4, -0.2) is 39.9 Å². The molecule has 502 valence electrons. The van der Waals surface area contributed by atoms with E-state index < -0.39 is 0 Å². The fourth-order valence-electron chi connectivity index (χ4n) is 15.7. The van der Waals surface area contributed by atoms with E-state index in [9.17, 15) is 0 Å². The number of hydrogen-bond acceptors (Lipinski definition) is 8. The molecule has 0 spiro atoms. The Morgan fingerprint density at radius 1 is 0.139 bits per heavy atom. The van der Waals surface area contributed by atoms with Gasteiger partial charge in [0.15, 0.2) is 34.9 Å². The van der Waals surface area contributed by atoms with Gasteiger partial charge in [0, 0.05) is 57.5 Å². The highest BCUT2D eigenvalue weighted by atomic mass is 15.0. The third-order valence-corrected chi connectivity index (χ3v) is 20.9. The summed E-state index contributed by atoms with van der Waals surface area (Å²) in [5, 5.41) is 14.4. The van der Waals surface area contributed by atoms with Gasteiger partial charge in [-0.2, -0.15) is 0 Å². The lowest BCUT2D eigenvalue weighted by molar-refractivity contribution is 1.07. The van der Waals surface area contributed by atoms with Crippen LogP contribution in [0.15, 0.2) is 377 Å². The first-order valence-corrected chi connectivity index (χ1v) is 36.3. The summed E-state index contributed by atoms with van der Waals surface area (Å²) in [6.45, 7) is 0. The monoisotopic (exact) mass is 1370 g/mol. The van der Waals surface area contributed by atoms with Gasteiger partial charge in [-0.1, -0.05) is 291 Å². The lowest BCUT2D eigenvalue weighted by Crippen LogP contribution is -2.02. The third-order valence-electron chi connectivity index (χ3n) is 20.9. The molecule has 8 nitrogen and oxygen atoms in total. The van der Waals surface area contributed by atoms with Gasteiger partial charge in [0.2, 0.25) is 0 Å². The van der Waals surface area contributed by atoms with E-state index in [0.717, 1.165) is 128 Å². The smallest absolute Gasteiger partial charge is 0.164 e. The second-order valence-electron chi connectivity index (χ2n) is 27.3. The Morgan fingerprint density at radius 3 is 0.972 bits per heavy atom. The van der Waals surface area contributed by atoms with Crippen molar-refractivity contribution in [1.82, 2.24) is 39.9 Å². The van der Waals surface area contributed by atoms with Crippen molar-refractivity contribution in [2.75, 3.05) is 0 Å². The number of benzene rings is 16. The lowest BCUT2D eigenvalue weighted by Gasteiger charge is -2.18. The molecule has 0 bridgehead atoms. The van der Waals surface area contributed by atoms with Crippen molar-refractivity contribution in [3.63, 3.8) is 0 Å². The first-order chi connectivity index (χ1) is 53.5. The Bertz CT molecular complexity index is 6810. The average molecular weight is 1380 g/mol. The van der Waals surface area contributed by atoms with Gasteiger partial charge in [-0.15, -0.1) is 0 Å². The molecule has 20 rings (SSSR count). The number of nitrogens with zero attached hydrogens (tertiary/aromatic N) is 8. The van der Waals surface area contributed by atoms with Gasteiger partial charge < -0.3 is 0 Å². The van der Waals surface area contributed by atoms with Crippen molar-refractivity contribution in [3.8, 4) is 146 Å². The van der Waals surface area contributed by atoms with Crippen LogP contribution in [-0.2, 0) is 0 Å². The van der Waals surface area contributed by atoms with Crippen molar-refractivity contribution in [2.24, 2.45) is 0 Å². The maximum atomic E-state index is 5.42. The van der Waals surface area contributed by atoms with E-state index in [4.69, 9.17) is 34.9 Å². The van der Waals surface area contributed by atoms with Gasteiger partial charge in [0.25, 0.3) is 0 Å². The van der Waals surface area contributed by atoms with Crippen molar-refractivity contribution in [2.45, 2.75) is 0 Å². The number of rotatable bonds is 13. The van der Waals surface area contributed by atoms with Crippen LogP contribution in [0, 0.1) is 0 Å². The quantitative estimate of drug-likeness (QED) is 0.105. The summed E-state index contributed by atoms with van der Waals surface area (Å²) in [7, 11) is 0. The minimum absolute atomic E-state index is 0.527. The Hall–Kier alpha value is -14.6. The van der Waals surface area contributed by atoms with Gasteiger partial charge in [-0.3, -0.25) is 9.97 Å². The van der Waals surface area contributed by atoms with Crippen LogP contribution < -0.4 is 0 Å².